The van der Waals surface area contributed by atoms with E-state index in [0.29, 0.717) is 17.6 Å². The van der Waals surface area contributed by atoms with E-state index in [0.717, 1.165) is 10.1 Å². The molecule has 0 spiro atoms. The quantitative estimate of drug-likeness (QED) is 0.487. The van der Waals surface area contributed by atoms with Crippen LogP contribution in [0.2, 0.25) is 5.15 Å². The maximum absolute atomic E-state index is 5.75. The van der Waals surface area contributed by atoms with E-state index < -0.39 is 0 Å². The highest BCUT2D eigenvalue weighted by molar-refractivity contribution is 14.1. The Labute approximate surface area is 89.6 Å². The average molecular weight is 299 g/mol. The fourth-order valence-electron chi connectivity index (χ4n) is 0.778. The van der Waals surface area contributed by atoms with E-state index in [1.807, 2.05) is 0 Å². The van der Waals surface area contributed by atoms with Crippen LogP contribution in [0.15, 0.2) is 6.07 Å². The zero-order chi connectivity index (χ0) is 8.97. The van der Waals surface area contributed by atoms with Crippen molar-refractivity contribution in [2.24, 2.45) is 0 Å². The fraction of sp³-hybridized carbons (Fsp3) is 0.429. The number of methoxy groups -OCH3 is 1. The van der Waals surface area contributed by atoms with Crippen LogP contribution >= 0.6 is 34.2 Å². The van der Waals surface area contributed by atoms with Gasteiger partial charge in [0, 0.05) is 11.5 Å². The molecule has 12 heavy (non-hydrogen) atoms. The van der Waals surface area contributed by atoms with Crippen molar-refractivity contribution in [3.8, 4) is 0 Å². The van der Waals surface area contributed by atoms with Crippen LogP contribution in [-0.2, 0) is 15.8 Å². The van der Waals surface area contributed by atoms with Crippen LogP contribution < -0.4 is 0 Å². The smallest absolute Gasteiger partial charge is 0.155 e. The molecule has 0 N–H and O–H groups in total. The summed E-state index contributed by atoms with van der Waals surface area (Å²) in [6.45, 7) is 0.407. The van der Waals surface area contributed by atoms with Crippen LogP contribution in [0.4, 0.5) is 0 Å². The summed E-state index contributed by atoms with van der Waals surface area (Å²) >= 11 is 7.98. The van der Waals surface area contributed by atoms with Crippen LogP contribution in [-0.4, -0.2) is 17.1 Å². The van der Waals surface area contributed by atoms with Gasteiger partial charge in [-0.25, -0.2) is 9.97 Å². The highest BCUT2D eigenvalue weighted by Crippen LogP contribution is 2.10. The molecule has 0 aromatic carbocycles. The summed E-state index contributed by atoms with van der Waals surface area (Å²) < 4.78 is 5.73. The first kappa shape index (κ1) is 10.1. The van der Waals surface area contributed by atoms with Gasteiger partial charge in [0.25, 0.3) is 0 Å². The predicted octanol–water partition coefficient (Wildman–Crippen LogP) is 2.21. The molecule has 0 radical (unpaired) electrons. The molecule has 0 bridgehead atoms. The van der Waals surface area contributed by atoms with Gasteiger partial charge < -0.3 is 4.74 Å². The first-order valence-corrected chi connectivity index (χ1v) is 5.24. The maximum Gasteiger partial charge on any atom is 0.155 e. The molecular formula is C7H8ClIN2O. The summed E-state index contributed by atoms with van der Waals surface area (Å²) in [4.78, 5) is 8.21. The van der Waals surface area contributed by atoms with Gasteiger partial charge >= 0.3 is 0 Å². The number of alkyl halides is 1. The van der Waals surface area contributed by atoms with Crippen molar-refractivity contribution < 1.29 is 4.74 Å². The van der Waals surface area contributed by atoms with E-state index >= 15 is 0 Å². The van der Waals surface area contributed by atoms with Gasteiger partial charge in [0.1, 0.15) is 11.8 Å². The minimum Gasteiger partial charge on any atom is -0.377 e. The number of ether oxygens (including phenoxy) is 1. The zero-order valence-electron chi connectivity index (χ0n) is 6.55. The lowest BCUT2D eigenvalue weighted by atomic mass is 10.4. The van der Waals surface area contributed by atoms with Gasteiger partial charge in [0.2, 0.25) is 0 Å². The van der Waals surface area contributed by atoms with Gasteiger partial charge in [-0.2, -0.15) is 0 Å². The molecule has 1 heterocycles. The molecule has 1 aromatic heterocycles. The molecule has 0 atom stereocenters. The SMILES string of the molecule is COCc1nc(Cl)cc(CI)n1. The van der Waals surface area contributed by atoms with Crippen LogP contribution in [0, 0.1) is 0 Å². The van der Waals surface area contributed by atoms with Crippen molar-refractivity contribution in [1.29, 1.82) is 0 Å². The standard InChI is InChI=1S/C7H8ClIN2O/c1-12-4-7-10-5(3-9)2-6(8)11-7/h2H,3-4H2,1H3. The molecule has 0 amide bonds. The topological polar surface area (TPSA) is 35.0 Å². The van der Waals surface area contributed by atoms with Gasteiger partial charge in [-0.3, -0.25) is 0 Å². The zero-order valence-corrected chi connectivity index (χ0v) is 9.46. The third kappa shape index (κ3) is 2.84. The summed E-state index contributed by atoms with van der Waals surface area (Å²) in [5.41, 5.74) is 0.933. The van der Waals surface area contributed by atoms with Crippen molar-refractivity contribution in [2.75, 3.05) is 7.11 Å². The molecule has 1 rings (SSSR count). The molecule has 0 saturated heterocycles. The third-order valence-electron chi connectivity index (χ3n) is 1.20. The van der Waals surface area contributed by atoms with E-state index in [-0.39, 0.29) is 0 Å². The predicted molar refractivity (Wildman–Crippen MR) is 55.5 cm³/mol. The average Bonchev–Trinajstić information content (AvgIpc) is 2.04. The number of hydrogen-bond donors (Lipinski definition) is 0. The van der Waals surface area contributed by atoms with Gasteiger partial charge in [-0.15, -0.1) is 0 Å². The molecule has 0 unspecified atom stereocenters. The number of hydrogen-bond acceptors (Lipinski definition) is 3. The Morgan fingerprint density at radius 1 is 1.58 bits per heavy atom. The van der Waals surface area contributed by atoms with E-state index in [4.69, 9.17) is 16.3 Å². The minimum absolute atomic E-state index is 0.407. The highest BCUT2D eigenvalue weighted by Gasteiger charge is 2.01. The van der Waals surface area contributed by atoms with E-state index in [1.54, 1.807) is 13.2 Å². The molecule has 0 aliphatic rings. The van der Waals surface area contributed by atoms with Crippen LogP contribution in [0.3, 0.4) is 0 Å². The van der Waals surface area contributed by atoms with Gasteiger partial charge in [0.15, 0.2) is 5.82 Å². The Balaban J connectivity index is 2.90. The second kappa shape index (κ2) is 4.94. The van der Waals surface area contributed by atoms with Crippen molar-refractivity contribution in [3.05, 3.63) is 22.7 Å². The molecule has 0 aliphatic carbocycles. The van der Waals surface area contributed by atoms with Crippen molar-refractivity contribution in [3.63, 3.8) is 0 Å². The van der Waals surface area contributed by atoms with E-state index in [1.165, 1.54) is 0 Å². The van der Waals surface area contributed by atoms with E-state index in [9.17, 15) is 0 Å². The molecule has 66 valence electrons. The third-order valence-corrected chi connectivity index (χ3v) is 2.18. The van der Waals surface area contributed by atoms with Gasteiger partial charge in [-0.1, -0.05) is 34.2 Å². The maximum atomic E-state index is 5.75. The normalized spacial score (nSPS) is 10.2. The number of aromatic nitrogens is 2. The molecule has 5 heteroatoms. The van der Waals surface area contributed by atoms with Crippen LogP contribution in [0.25, 0.3) is 0 Å². The Morgan fingerprint density at radius 3 is 2.92 bits per heavy atom. The molecule has 1 aromatic rings. The van der Waals surface area contributed by atoms with Gasteiger partial charge in [0.05, 0.1) is 5.69 Å². The van der Waals surface area contributed by atoms with Crippen LogP contribution in [0.1, 0.15) is 11.5 Å². The highest BCUT2D eigenvalue weighted by atomic mass is 127. The molecule has 0 saturated carbocycles. The van der Waals surface area contributed by atoms with Crippen molar-refractivity contribution in [1.82, 2.24) is 9.97 Å². The first-order valence-electron chi connectivity index (χ1n) is 3.33. The second-order valence-corrected chi connectivity index (χ2v) is 3.31. The van der Waals surface area contributed by atoms with Crippen LogP contribution in [0.5, 0.6) is 0 Å². The lowest BCUT2D eigenvalue weighted by molar-refractivity contribution is 0.177. The Bertz CT molecular complexity index is 270. The first-order chi connectivity index (χ1) is 5.76. The molecule has 0 aliphatic heterocycles. The fourth-order valence-corrected chi connectivity index (χ4v) is 1.39. The lowest BCUT2D eigenvalue weighted by Crippen LogP contribution is -1.99. The summed E-state index contributed by atoms with van der Waals surface area (Å²) in [6, 6.07) is 1.76. The molecular weight excluding hydrogens is 290 g/mol. The Morgan fingerprint density at radius 2 is 2.33 bits per heavy atom. The van der Waals surface area contributed by atoms with Crippen molar-refractivity contribution in [2.45, 2.75) is 11.0 Å². The monoisotopic (exact) mass is 298 g/mol. The molecule has 3 nitrogen and oxygen atoms in total. The minimum atomic E-state index is 0.407. The Kier molecular flexibility index (Phi) is 4.17. The summed E-state index contributed by atoms with van der Waals surface area (Å²) in [5.74, 6) is 0.636. The summed E-state index contributed by atoms with van der Waals surface area (Å²) in [5, 5.41) is 0.476. The number of nitrogens with zero attached hydrogens (tertiary/aromatic N) is 2. The summed E-state index contributed by atoms with van der Waals surface area (Å²) in [6.07, 6.45) is 0. The molecule has 0 fully saturated rings. The number of halogens is 2. The second-order valence-electron chi connectivity index (χ2n) is 2.16. The van der Waals surface area contributed by atoms with E-state index in [2.05, 4.69) is 32.6 Å². The van der Waals surface area contributed by atoms with Crippen molar-refractivity contribution >= 4 is 34.2 Å². The van der Waals surface area contributed by atoms with Gasteiger partial charge in [-0.05, 0) is 6.07 Å². The lowest BCUT2D eigenvalue weighted by Gasteiger charge is -2.00. The number of rotatable bonds is 3. The summed E-state index contributed by atoms with van der Waals surface area (Å²) in [7, 11) is 1.61. The largest absolute Gasteiger partial charge is 0.377 e. The Hall–Kier alpha value is 0.0600.